The van der Waals surface area contributed by atoms with Crippen molar-refractivity contribution in [3.05, 3.63) is 46.3 Å². The van der Waals surface area contributed by atoms with Crippen molar-refractivity contribution in [2.75, 3.05) is 0 Å². The summed E-state index contributed by atoms with van der Waals surface area (Å²) in [6.07, 6.45) is 3.28. The van der Waals surface area contributed by atoms with Crippen LogP contribution in [0.25, 0.3) is 11.0 Å². The minimum atomic E-state index is -0.576. The van der Waals surface area contributed by atoms with Gasteiger partial charge in [-0.25, -0.2) is 4.79 Å². The smallest absolute Gasteiger partial charge is 0.349 e. The zero-order chi connectivity index (χ0) is 15.7. The average Bonchev–Trinajstić information content (AvgIpc) is 2.51. The van der Waals surface area contributed by atoms with E-state index >= 15 is 0 Å². The van der Waals surface area contributed by atoms with Crippen LogP contribution in [0.15, 0.2) is 39.5 Å². The van der Waals surface area contributed by atoms with Gasteiger partial charge in [0.25, 0.3) is 5.91 Å². The van der Waals surface area contributed by atoms with Gasteiger partial charge in [0.1, 0.15) is 11.1 Å². The second-order valence-electron chi connectivity index (χ2n) is 6.33. The number of hydrogen-bond donors (Lipinski definition) is 1. The largest absolute Gasteiger partial charge is 0.422 e. The first-order valence-corrected chi connectivity index (χ1v) is 7.90. The van der Waals surface area contributed by atoms with Crippen LogP contribution in [0, 0.1) is 11.8 Å². The predicted octanol–water partition coefficient (Wildman–Crippen LogP) is 3.35. The van der Waals surface area contributed by atoms with Crippen molar-refractivity contribution in [2.24, 2.45) is 11.8 Å². The molecule has 1 aliphatic rings. The third-order valence-electron chi connectivity index (χ3n) is 4.91. The fraction of sp³-hybridized carbons (Fsp3) is 0.444. The average molecular weight is 299 g/mol. The number of rotatable bonds is 2. The van der Waals surface area contributed by atoms with Gasteiger partial charge in [-0.05, 0) is 30.4 Å². The summed E-state index contributed by atoms with van der Waals surface area (Å²) < 4.78 is 5.23. The van der Waals surface area contributed by atoms with Crippen molar-refractivity contribution in [3.63, 3.8) is 0 Å². The molecule has 0 aliphatic heterocycles. The van der Waals surface area contributed by atoms with Gasteiger partial charge in [-0.3, -0.25) is 4.79 Å². The summed E-state index contributed by atoms with van der Waals surface area (Å²) in [4.78, 5) is 24.5. The van der Waals surface area contributed by atoms with Crippen LogP contribution in [0.5, 0.6) is 0 Å². The van der Waals surface area contributed by atoms with Crippen LogP contribution in [0.4, 0.5) is 0 Å². The van der Waals surface area contributed by atoms with Gasteiger partial charge in [0.15, 0.2) is 0 Å². The van der Waals surface area contributed by atoms with Gasteiger partial charge in [-0.2, -0.15) is 0 Å². The van der Waals surface area contributed by atoms with Crippen LogP contribution < -0.4 is 10.9 Å². The van der Waals surface area contributed by atoms with Gasteiger partial charge in [0.05, 0.1) is 0 Å². The Labute approximate surface area is 129 Å². The number of carbonyl (C=O) groups excluding carboxylic acids is 1. The maximum absolute atomic E-state index is 12.5. The summed E-state index contributed by atoms with van der Waals surface area (Å²) in [5.74, 6) is 0.683. The molecule has 0 spiro atoms. The molecule has 3 rings (SSSR count). The number of carbonyl (C=O) groups is 1. The molecule has 1 aromatic carbocycles. The van der Waals surface area contributed by atoms with Crippen LogP contribution in [-0.2, 0) is 0 Å². The minimum Gasteiger partial charge on any atom is -0.422 e. The van der Waals surface area contributed by atoms with Crippen molar-refractivity contribution in [2.45, 2.75) is 39.2 Å². The van der Waals surface area contributed by atoms with Crippen molar-refractivity contribution < 1.29 is 9.21 Å². The Morgan fingerprint density at radius 2 is 2.00 bits per heavy atom. The van der Waals surface area contributed by atoms with Gasteiger partial charge in [-0.15, -0.1) is 0 Å². The maximum Gasteiger partial charge on any atom is 0.349 e. The van der Waals surface area contributed by atoms with Crippen molar-refractivity contribution in [1.82, 2.24) is 5.32 Å². The lowest BCUT2D eigenvalue weighted by atomic mass is 9.78. The Balaban J connectivity index is 1.86. The highest BCUT2D eigenvalue weighted by Crippen LogP contribution is 2.29. The van der Waals surface area contributed by atoms with Crippen molar-refractivity contribution in [3.8, 4) is 0 Å². The van der Waals surface area contributed by atoms with Crippen LogP contribution in [0.3, 0.4) is 0 Å². The molecule has 2 aromatic rings. The van der Waals surface area contributed by atoms with Gasteiger partial charge in [-0.1, -0.05) is 44.9 Å². The summed E-state index contributed by atoms with van der Waals surface area (Å²) in [7, 11) is 0. The van der Waals surface area contributed by atoms with Gasteiger partial charge < -0.3 is 9.73 Å². The predicted molar refractivity (Wildman–Crippen MR) is 85.9 cm³/mol. The lowest BCUT2D eigenvalue weighted by Gasteiger charge is -2.34. The number of nitrogens with one attached hydrogen (secondary N) is 1. The molecule has 1 heterocycles. The van der Waals surface area contributed by atoms with Crippen LogP contribution >= 0.6 is 0 Å². The molecule has 4 heteroatoms. The number of benzene rings is 1. The highest BCUT2D eigenvalue weighted by atomic mass is 16.4. The Morgan fingerprint density at radius 3 is 2.82 bits per heavy atom. The van der Waals surface area contributed by atoms with E-state index in [0.717, 1.165) is 18.2 Å². The molecule has 3 atom stereocenters. The van der Waals surface area contributed by atoms with E-state index in [0.29, 0.717) is 17.4 Å². The molecule has 1 amide bonds. The van der Waals surface area contributed by atoms with E-state index in [9.17, 15) is 9.59 Å². The van der Waals surface area contributed by atoms with Crippen LogP contribution in [0.2, 0.25) is 0 Å². The van der Waals surface area contributed by atoms with Gasteiger partial charge >= 0.3 is 5.63 Å². The Morgan fingerprint density at radius 1 is 1.23 bits per heavy atom. The summed E-state index contributed by atoms with van der Waals surface area (Å²) in [5.41, 5.74) is 0.0144. The quantitative estimate of drug-likeness (QED) is 0.865. The maximum atomic E-state index is 12.5. The molecule has 0 saturated heterocycles. The Bertz CT molecular complexity index is 749. The second kappa shape index (κ2) is 5.95. The number of fused-ring (bicyclic) bond motifs is 1. The van der Waals surface area contributed by atoms with E-state index in [2.05, 4.69) is 19.2 Å². The standard InChI is InChI=1S/C18H21NO3/c1-11-6-5-8-15(12(11)2)19-17(20)14-10-13-7-3-4-9-16(13)22-18(14)21/h3-4,7,9-12,15H,5-6,8H2,1-2H3,(H,19,20). The third kappa shape index (κ3) is 2.78. The monoisotopic (exact) mass is 299 g/mol. The molecule has 1 fully saturated rings. The summed E-state index contributed by atoms with van der Waals surface area (Å²) in [6.45, 7) is 4.38. The van der Waals surface area contributed by atoms with Crippen LogP contribution in [0.1, 0.15) is 43.5 Å². The van der Waals surface area contributed by atoms with Gasteiger partial charge in [0, 0.05) is 11.4 Å². The fourth-order valence-electron chi connectivity index (χ4n) is 3.25. The zero-order valence-electron chi connectivity index (χ0n) is 13.0. The van der Waals surface area contributed by atoms with Crippen molar-refractivity contribution in [1.29, 1.82) is 0 Å². The lowest BCUT2D eigenvalue weighted by Crippen LogP contribution is -2.44. The molecule has 1 aromatic heterocycles. The molecule has 1 N–H and O–H groups in total. The lowest BCUT2D eigenvalue weighted by molar-refractivity contribution is 0.0887. The summed E-state index contributed by atoms with van der Waals surface area (Å²) in [5, 5.41) is 3.78. The molecule has 22 heavy (non-hydrogen) atoms. The molecule has 0 radical (unpaired) electrons. The first-order valence-electron chi connectivity index (χ1n) is 7.90. The highest BCUT2D eigenvalue weighted by Gasteiger charge is 2.29. The van der Waals surface area contributed by atoms with E-state index in [1.54, 1.807) is 18.2 Å². The molecule has 1 saturated carbocycles. The fourth-order valence-corrected chi connectivity index (χ4v) is 3.25. The van der Waals surface area contributed by atoms with E-state index in [-0.39, 0.29) is 17.5 Å². The highest BCUT2D eigenvalue weighted by molar-refractivity contribution is 5.96. The Kier molecular flexibility index (Phi) is 4.01. The zero-order valence-corrected chi connectivity index (χ0v) is 13.0. The van der Waals surface area contributed by atoms with E-state index < -0.39 is 5.63 Å². The molecule has 1 aliphatic carbocycles. The first kappa shape index (κ1) is 14.8. The molecule has 4 nitrogen and oxygen atoms in total. The molecular weight excluding hydrogens is 278 g/mol. The molecular formula is C18H21NO3. The Hall–Kier alpha value is -2.10. The van der Waals surface area contributed by atoms with Crippen LogP contribution in [-0.4, -0.2) is 11.9 Å². The molecule has 0 bridgehead atoms. The number of amides is 1. The summed E-state index contributed by atoms with van der Waals surface area (Å²) in [6, 6.07) is 8.96. The number of para-hydroxylation sites is 1. The number of hydrogen-bond acceptors (Lipinski definition) is 3. The van der Waals surface area contributed by atoms with Crippen molar-refractivity contribution >= 4 is 16.9 Å². The van der Waals surface area contributed by atoms with E-state index in [1.807, 2.05) is 12.1 Å². The molecule has 116 valence electrons. The van der Waals surface area contributed by atoms with E-state index in [1.165, 1.54) is 6.42 Å². The van der Waals surface area contributed by atoms with Gasteiger partial charge in [0.2, 0.25) is 0 Å². The summed E-state index contributed by atoms with van der Waals surface area (Å²) >= 11 is 0. The first-order chi connectivity index (χ1) is 10.6. The SMILES string of the molecule is CC1CCCC(NC(=O)c2cc3ccccc3oc2=O)C1C. The second-order valence-corrected chi connectivity index (χ2v) is 6.33. The minimum absolute atomic E-state index is 0.0872. The normalized spacial score (nSPS) is 25.1. The molecule has 3 unspecified atom stereocenters. The topological polar surface area (TPSA) is 59.3 Å². The third-order valence-corrected chi connectivity index (χ3v) is 4.91. The van der Waals surface area contributed by atoms with E-state index in [4.69, 9.17) is 4.42 Å².